The van der Waals surface area contributed by atoms with Gasteiger partial charge in [0.15, 0.2) is 0 Å². The van der Waals surface area contributed by atoms with Crippen LogP contribution in [0.3, 0.4) is 0 Å². The molecular weight excluding hydrogens is 869 g/mol. The summed E-state index contributed by atoms with van der Waals surface area (Å²) in [5, 5.41) is 15.8. The van der Waals surface area contributed by atoms with Gasteiger partial charge in [-0.3, -0.25) is 0 Å². The van der Waals surface area contributed by atoms with E-state index in [2.05, 4.69) is 233 Å². The second-order valence-electron chi connectivity index (χ2n) is 20.3. The Bertz CT molecular complexity index is 3610. The van der Waals surface area contributed by atoms with Crippen molar-refractivity contribution in [3.05, 3.63) is 181 Å². The van der Waals surface area contributed by atoms with Gasteiger partial charge < -0.3 is 9.80 Å². The molecule has 0 radical (unpaired) electrons. The Morgan fingerprint density at radius 3 is 1.11 bits per heavy atom. The largest absolute Gasteiger partial charge is 0.308 e. The highest BCUT2D eigenvalue weighted by Crippen LogP contribution is 2.52. The van der Waals surface area contributed by atoms with Crippen molar-refractivity contribution in [3.8, 4) is 0 Å². The zero-order valence-electron chi connectivity index (χ0n) is 38.9. The molecule has 0 aliphatic carbocycles. The van der Waals surface area contributed by atoms with E-state index in [9.17, 15) is 0 Å². The van der Waals surface area contributed by atoms with Crippen LogP contribution in [0.5, 0.6) is 0 Å². The molecule has 10 aromatic carbocycles. The number of aryl methyl sites for hydroxylation is 2. The molecule has 6 heteroatoms. The zero-order valence-corrected chi connectivity index (χ0v) is 42.5. The monoisotopic (exact) mass is 920 g/mol. The van der Waals surface area contributed by atoms with Gasteiger partial charge in [-0.05, 0) is 95.1 Å². The van der Waals surface area contributed by atoms with Crippen LogP contribution in [0, 0.1) is 13.8 Å². The second kappa shape index (κ2) is 15.1. The minimum atomic E-state index is -1.54. The summed E-state index contributed by atoms with van der Waals surface area (Å²) in [6.45, 7) is 19.2. The highest BCUT2D eigenvalue weighted by molar-refractivity contribution is 7.27. The third kappa shape index (κ3) is 6.44. The lowest BCUT2D eigenvalue weighted by molar-refractivity contribution is 1.28. The minimum absolute atomic E-state index is 1.18. The molecule has 0 N–H and O–H groups in total. The van der Waals surface area contributed by atoms with Crippen molar-refractivity contribution in [2.45, 2.75) is 53.1 Å². The van der Waals surface area contributed by atoms with E-state index in [-0.39, 0.29) is 0 Å². The molecule has 0 fully saturated rings. The van der Waals surface area contributed by atoms with Crippen LogP contribution in [0.1, 0.15) is 11.1 Å². The first-order valence-electron chi connectivity index (χ1n) is 23.2. The number of hydrogen-bond donors (Lipinski definition) is 0. The topological polar surface area (TPSA) is 6.48 Å². The fourth-order valence-corrected chi connectivity index (χ4v) is 15.4. The van der Waals surface area contributed by atoms with Gasteiger partial charge >= 0.3 is 0 Å². The van der Waals surface area contributed by atoms with E-state index in [4.69, 9.17) is 0 Å². The first kappa shape index (κ1) is 41.2. The van der Waals surface area contributed by atoms with E-state index < -0.39 is 16.1 Å². The number of thiophene rings is 2. The van der Waals surface area contributed by atoms with Crippen molar-refractivity contribution in [3.63, 3.8) is 0 Å². The van der Waals surface area contributed by atoms with Gasteiger partial charge in [0.25, 0.3) is 0 Å². The van der Waals surface area contributed by atoms with Gasteiger partial charge in [0.05, 0.1) is 48.3 Å². The summed E-state index contributed by atoms with van der Waals surface area (Å²) in [6.07, 6.45) is 0. The number of anilines is 6. The second-order valence-corrected chi connectivity index (χ2v) is 32.5. The number of benzene rings is 10. The summed E-state index contributed by atoms with van der Waals surface area (Å²) in [4.78, 5) is 5.15. The molecule has 0 amide bonds. The average molecular weight is 921 g/mol. The predicted octanol–water partition coefficient (Wildman–Crippen LogP) is 18.0. The Kier molecular flexibility index (Phi) is 9.43. The normalized spacial score (nSPS) is 12.5. The van der Waals surface area contributed by atoms with Crippen molar-refractivity contribution in [2.75, 3.05) is 9.80 Å². The third-order valence-electron chi connectivity index (χ3n) is 14.0. The maximum atomic E-state index is 2.58. The lowest BCUT2D eigenvalue weighted by atomic mass is 9.91. The standard InChI is InChI=1S/C60H52N2S2Si2/c1-37-17-31-47-45-13-9-11-15-53(45)63-59(47)57(37)61(41-23-27-43(28-24-41)65(3,4)5)51-35-21-39-20-34-50-52(36-22-40-19-33-49(51)55(39)56(40)50)62(42-25-29-44(30-26-42)66(6,7)8)58-38(2)18-32-48-46-14-10-12-16-54(46)64-60(48)58/h9-36H,1-8H3. The molecule has 12 aromatic rings. The van der Waals surface area contributed by atoms with Crippen molar-refractivity contribution in [1.29, 1.82) is 0 Å². The Morgan fingerprint density at radius 1 is 0.348 bits per heavy atom. The zero-order chi connectivity index (χ0) is 45.2. The minimum Gasteiger partial charge on any atom is -0.308 e. The summed E-state index contributed by atoms with van der Waals surface area (Å²) < 4.78 is 5.27. The van der Waals surface area contributed by atoms with Crippen LogP contribution < -0.4 is 20.2 Å². The van der Waals surface area contributed by atoms with Crippen LogP contribution in [0.4, 0.5) is 34.1 Å². The Morgan fingerprint density at radius 2 is 0.712 bits per heavy atom. The van der Waals surface area contributed by atoms with Crippen molar-refractivity contribution in [1.82, 2.24) is 0 Å². The van der Waals surface area contributed by atoms with Gasteiger partial charge in [0, 0.05) is 53.1 Å². The molecule has 2 heterocycles. The first-order chi connectivity index (χ1) is 31.8. The highest BCUT2D eigenvalue weighted by atomic mass is 32.1. The van der Waals surface area contributed by atoms with Gasteiger partial charge in [-0.2, -0.15) is 0 Å². The van der Waals surface area contributed by atoms with Crippen molar-refractivity contribution < 1.29 is 0 Å². The number of fused-ring (bicyclic) bond motifs is 6. The molecule has 322 valence electrons. The quantitative estimate of drug-likeness (QED) is 0.111. The Balaban J connectivity index is 1.14. The van der Waals surface area contributed by atoms with E-state index in [1.807, 2.05) is 22.7 Å². The predicted molar refractivity (Wildman–Crippen MR) is 301 cm³/mol. The molecule has 66 heavy (non-hydrogen) atoms. The summed E-state index contributed by atoms with van der Waals surface area (Å²) >= 11 is 3.82. The van der Waals surface area contributed by atoms with Crippen LogP contribution in [0.2, 0.25) is 39.3 Å². The van der Waals surface area contributed by atoms with Crippen LogP contribution in [0.15, 0.2) is 170 Å². The lowest BCUT2D eigenvalue weighted by Gasteiger charge is -2.31. The van der Waals surface area contributed by atoms with E-state index in [0.29, 0.717) is 0 Å². The fraction of sp³-hybridized carbons (Fsp3) is 0.133. The van der Waals surface area contributed by atoms with Crippen LogP contribution in [-0.2, 0) is 0 Å². The molecule has 12 rings (SSSR count). The molecule has 0 saturated carbocycles. The van der Waals surface area contributed by atoms with Crippen LogP contribution in [-0.4, -0.2) is 16.1 Å². The van der Waals surface area contributed by atoms with E-state index in [1.165, 1.54) is 128 Å². The summed E-state index contributed by atoms with van der Waals surface area (Å²) in [6, 6.07) is 65.1. The van der Waals surface area contributed by atoms with Gasteiger partial charge in [0.1, 0.15) is 0 Å². The average Bonchev–Trinajstić information content (AvgIpc) is 3.89. The molecule has 0 unspecified atom stereocenters. The van der Waals surface area contributed by atoms with Gasteiger partial charge in [-0.1, -0.05) is 171 Å². The van der Waals surface area contributed by atoms with E-state index >= 15 is 0 Å². The maximum Gasteiger partial charge on any atom is 0.0775 e. The molecular formula is C60H52N2S2Si2. The Labute approximate surface area is 397 Å². The summed E-state index contributed by atoms with van der Waals surface area (Å²) in [5.74, 6) is 0. The van der Waals surface area contributed by atoms with E-state index in [0.717, 1.165) is 0 Å². The van der Waals surface area contributed by atoms with Crippen molar-refractivity contribution >= 4 is 156 Å². The van der Waals surface area contributed by atoms with Gasteiger partial charge in [0.2, 0.25) is 0 Å². The summed E-state index contributed by atoms with van der Waals surface area (Å²) in [5.41, 5.74) is 9.79. The SMILES string of the molecule is Cc1ccc2c(sc3ccccc32)c1N(c1ccc([Si](C)(C)C)cc1)c1ccc2ccc3c(N(c4ccc([Si](C)(C)C)cc4)c4c(C)ccc5c4sc4ccccc45)ccc4ccc1c2c43. The molecule has 0 bridgehead atoms. The molecule has 0 spiro atoms. The smallest absolute Gasteiger partial charge is 0.0775 e. The molecule has 2 nitrogen and oxygen atoms in total. The van der Waals surface area contributed by atoms with Crippen molar-refractivity contribution in [2.24, 2.45) is 0 Å². The lowest BCUT2D eigenvalue weighted by Crippen LogP contribution is -2.37. The van der Waals surface area contributed by atoms with E-state index in [1.54, 1.807) is 0 Å². The van der Waals surface area contributed by atoms with Gasteiger partial charge in [-0.15, -0.1) is 22.7 Å². The molecule has 0 saturated heterocycles. The molecule has 0 aliphatic rings. The first-order valence-corrected chi connectivity index (χ1v) is 31.8. The molecule has 0 atom stereocenters. The fourth-order valence-electron chi connectivity index (χ4n) is 10.5. The maximum absolute atomic E-state index is 2.58. The third-order valence-corrected chi connectivity index (χ3v) is 20.5. The number of nitrogens with zero attached hydrogens (tertiary/aromatic N) is 2. The Hall–Kier alpha value is -6.29. The van der Waals surface area contributed by atoms with Crippen LogP contribution >= 0.6 is 22.7 Å². The summed E-state index contributed by atoms with van der Waals surface area (Å²) in [7, 11) is -3.07. The molecule has 0 aliphatic heterocycles. The van der Waals surface area contributed by atoms with Crippen LogP contribution in [0.25, 0.3) is 72.7 Å². The van der Waals surface area contributed by atoms with Gasteiger partial charge in [-0.25, -0.2) is 0 Å². The molecule has 2 aromatic heterocycles. The number of rotatable bonds is 8. The highest BCUT2D eigenvalue weighted by Gasteiger charge is 2.27. The number of hydrogen-bond acceptors (Lipinski definition) is 4.